The minimum absolute atomic E-state index is 0.115. The van der Waals surface area contributed by atoms with E-state index in [4.69, 9.17) is 15.2 Å². The van der Waals surface area contributed by atoms with Gasteiger partial charge in [0.2, 0.25) is 6.79 Å². The Kier molecular flexibility index (Phi) is 1.74. The van der Waals surface area contributed by atoms with Gasteiger partial charge in [-0.1, -0.05) is 19.4 Å². The van der Waals surface area contributed by atoms with Gasteiger partial charge in [0, 0.05) is 5.54 Å². The second-order valence-electron chi connectivity index (χ2n) is 4.42. The maximum Gasteiger partial charge on any atom is 0.231 e. The van der Waals surface area contributed by atoms with Gasteiger partial charge in [0.15, 0.2) is 11.5 Å². The lowest BCUT2D eigenvalue weighted by Crippen LogP contribution is -2.21. The zero-order valence-electron chi connectivity index (χ0n) is 8.82. The molecule has 1 aliphatic carbocycles. The molecule has 1 fully saturated rings. The molecule has 1 heterocycles. The number of fused-ring (bicyclic) bond motifs is 1. The van der Waals surface area contributed by atoms with Crippen LogP contribution in [0.25, 0.3) is 0 Å². The molecule has 1 saturated carbocycles. The van der Waals surface area contributed by atoms with Gasteiger partial charge in [-0.15, -0.1) is 0 Å². The monoisotopic (exact) mass is 205 g/mol. The molecule has 3 nitrogen and oxygen atoms in total. The molecule has 15 heavy (non-hydrogen) atoms. The molecule has 3 rings (SSSR count). The summed E-state index contributed by atoms with van der Waals surface area (Å²) in [5, 5.41) is 0. The minimum Gasteiger partial charge on any atom is -0.454 e. The van der Waals surface area contributed by atoms with Crippen LogP contribution in [0.1, 0.15) is 25.3 Å². The van der Waals surface area contributed by atoms with Crippen molar-refractivity contribution in [3.05, 3.63) is 23.8 Å². The van der Waals surface area contributed by atoms with Gasteiger partial charge in [0.1, 0.15) is 0 Å². The van der Waals surface area contributed by atoms with Crippen molar-refractivity contribution in [3.8, 4) is 11.5 Å². The zero-order chi connectivity index (χ0) is 10.5. The lowest BCUT2D eigenvalue weighted by molar-refractivity contribution is 0.174. The molecule has 2 aliphatic rings. The number of hydrogen-bond acceptors (Lipinski definition) is 3. The van der Waals surface area contributed by atoms with Crippen LogP contribution in [0.15, 0.2) is 18.2 Å². The summed E-state index contributed by atoms with van der Waals surface area (Å²) in [6, 6.07) is 6.04. The Balaban J connectivity index is 1.94. The topological polar surface area (TPSA) is 44.5 Å². The van der Waals surface area contributed by atoms with E-state index < -0.39 is 0 Å². The highest BCUT2D eigenvalue weighted by molar-refractivity contribution is 5.48. The van der Waals surface area contributed by atoms with Gasteiger partial charge in [-0.2, -0.15) is 0 Å². The lowest BCUT2D eigenvalue weighted by atomic mass is 10.0. The molecule has 0 saturated heterocycles. The van der Waals surface area contributed by atoms with Crippen LogP contribution < -0.4 is 15.2 Å². The molecule has 0 amide bonds. The minimum atomic E-state index is -0.115. The third-order valence-electron chi connectivity index (χ3n) is 3.56. The van der Waals surface area contributed by atoms with Crippen molar-refractivity contribution >= 4 is 0 Å². The second kappa shape index (κ2) is 2.89. The standard InChI is InChI=1S/C12H15NO2/c1-2-8-6-12(8,13)9-3-4-10-11(5-9)15-7-14-10/h3-5,8H,2,6-7,13H2,1H3. The van der Waals surface area contributed by atoms with Gasteiger partial charge < -0.3 is 15.2 Å². The van der Waals surface area contributed by atoms with Crippen LogP contribution in [0.3, 0.4) is 0 Å². The van der Waals surface area contributed by atoms with Crippen LogP contribution >= 0.6 is 0 Å². The van der Waals surface area contributed by atoms with Crippen LogP contribution in [0.4, 0.5) is 0 Å². The quantitative estimate of drug-likeness (QED) is 0.803. The van der Waals surface area contributed by atoms with Crippen LogP contribution in [0, 0.1) is 5.92 Å². The van der Waals surface area contributed by atoms with Gasteiger partial charge in [-0.05, 0) is 30.0 Å². The van der Waals surface area contributed by atoms with E-state index in [1.54, 1.807) is 0 Å². The molecule has 3 heteroatoms. The Hall–Kier alpha value is -1.22. The van der Waals surface area contributed by atoms with Gasteiger partial charge in [0.25, 0.3) is 0 Å². The molecule has 80 valence electrons. The summed E-state index contributed by atoms with van der Waals surface area (Å²) >= 11 is 0. The summed E-state index contributed by atoms with van der Waals surface area (Å²) in [6.45, 7) is 2.51. The van der Waals surface area contributed by atoms with Gasteiger partial charge in [0.05, 0.1) is 0 Å². The molecule has 0 spiro atoms. The van der Waals surface area contributed by atoms with Gasteiger partial charge >= 0.3 is 0 Å². The number of nitrogens with two attached hydrogens (primary N) is 1. The third kappa shape index (κ3) is 1.23. The summed E-state index contributed by atoms with van der Waals surface area (Å²) < 4.78 is 10.6. The van der Waals surface area contributed by atoms with Crippen molar-refractivity contribution in [2.75, 3.05) is 6.79 Å². The maximum atomic E-state index is 6.32. The van der Waals surface area contributed by atoms with E-state index in [2.05, 4.69) is 13.0 Å². The second-order valence-corrected chi connectivity index (χ2v) is 4.42. The van der Waals surface area contributed by atoms with Crippen molar-refractivity contribution in [3.63, 3.8) is 0 Å². The predicted octanol–water partition coefficient (Wildman–Crippen LogP) is 2.00. The van der Waals surface area contributed by atoms with E-state index in [0.29, 0.717) is 12.7 Å². The Bertz CT molecular complexity index is 405. The van der Waals surface area contributed by atoms with Crippen LogP contribution in [-0.2, 0) is 5.54 Å². The zero-order valence-corrected chi connectivity index (χ0v) is 8.82. The van der Waals surface area contributed by atoms with Crippen LogP contribution in [0.5, 0.6) is 11.5 Å². The van der Waals surface area contributed by atoms with E-state index in [1.807, 2.05) is 12.1 Å². The van der Waals surface area contributed by atoms with Crippen molar-refractivity contribution < 1.29 is 9.47 Å². The summed E-state index contributed by atoms with van der Waals surface area (Å²) in [5.41, 5.74) is 7.38. The van der Waals surface area contributed by atoms with Crippen molar-refractivity contribution in [1.82, 2.24) is 0 Å². The molecule has 0 aromatic heterocycles. The van der Waals surface area contributed by atoms with E-state index in [1.165, 1.54) is 5.56 Å². The maximum absolute atomic E-state index is 6.32. The highest BCUT2D eigenvalue weighted by Crippen LogP contribution is 2.52. The average Bonchev–Trinajstić information content (AvgIpc) is 2.74. The summed E-state index contributed by atoms with van der Waals surface area (Å²) in [6.07, 6.45) is 2.23. The predicted molar refractivity (Wildman–Crippen MR) is 56.8 cm³/mol. The molecule has 0 radical (unpaired) electrons. The third-order valence-corrected chi connectivity index (χ3v) is 3.56. The fraction of sp³-hybridized carbons (Fsp3) is 0.500. The summed E-state index contributed by atoms with van der Waals surface area (Å²) in [4.78, 5) is 0. The molecule has 2 unspecified atom stereocenters. The molecule has 2 N–H and O–H groups in total. The van der Waals surface area contributed by atoms with E-state index >= 15 is 0 Å². The Labute approximate surface area is 89.2 Å². The first-order valence-electron chi connectivity index (χ1n) is 5.43. The van der Waals surface area contributed by atoms with Crippen molar-refractivity contribution in [1.29, 1.82) is 0 Å². The normalized spacial score (nSPS) is 31.7. The average molecular weight is 205 g/mol. The highest BCUT2D eigenvalue weighted by Gasteiger charge is 2.51. The van der Waals surface area contributed by atoms with E-state index in [9.17, 15) is 0 Å². The Morgan fingerprint density at radius 3 is 2.93 bits per heavy atom. The summed E-state index contributed by atoms with van der Waals surface area (Å²) in [5.74, 6) is 2.29. The van der Waals surface area contributed by atoms with Crippen LogP contribution in [-0.4, -0.2) is 6.79 Å². The highest BCUT2D eigenvalue weighted by atomic mass is 16.7. The molecule has 1 aliphatic heterocycles. The number of ether oxygens (including phenoxy) is 2. The Morgan fingerprint density at radius 2 is 2.20 bits per heavy atom. The lowest BCUT2D eigenvalue weighted by Gasteiger charge is -2.11. The summed E-state index contributed by atoms with van der Waals surface area (Å²) in [7, 11) is 0. The molecule has 0 bridgehead atoms. The van der Waals surface area contributed by atoms with Crippen LogP contribution in [0.2, 0.25) is 0 Å². The van der Waals surface area contributed by atoms with Crippen molar-refractivity contribution in [2.45, 2.75) is 25.3 Å². The first-order chi connectivity index (χ1) is 7.24. The fourth-order valence-corrected chi connectivity index (χ4v) is 2.40. The van der Waals surface area contributed by atoms with Gasteiger partial charge in [-0.3, -0.25) is 0 Å². The number of hydrogen-bond donors (Lipinski definition) is 1. The SMILES string of the molecule is CCC1CC1(N)c1ccc2c(c1)OCO2. The fourth-order valence-electron chi connectivity index (χ4n) is 2.40. The molecule has 2 atom stereocenters. The van der Waals surface area contributed by atoms with E-state index in [0.717, 1.165) is 24.3 Å². The molecular formula is C12H15NO2. The molecule has 1 aromatic carbocycles. The largest absolute Gasteiger partial charge is 0.454 e. The van der Waals surface area contributed by atoms with Gasteiger partial charge in [-0.25, -0.2) is 0 Å². The van der Waals surface area contributed by atoms with Crippen molar-refractivity contribution in [2.24, 2.45) is 11.7 Å². The smallest absolute Gasteiger partial charge is 0.231 e. The first-order valence-corrected chi connectivity index (χ1v) is 5.43. The number of rotatable bonds is 2. The Morgan fingerprint density at radius 1 is 1.40 bits per heavy atom. The number of benzene rings is 1. The molecular weight excluding hydrogens is 190 g/mol. The first kappa shape index (κ1) is 9.04. The van der Waals surface area contributed by atoms with E-state index in [-0.39, 0.29) is 5.54 Å². The molecule has 1 aromatic rings.